The SMILES string of the molecule is COc1cccc(Cn2c(SCCc3ccccc3)nc3c(oc4ccccc43)c2=O)c1. The van der Waals surface area contributed by atoms with Crippen LogP contribution in [0.1, 0.15) is 11.1 Å². The van der Waals surface area contributed by atoms with E-state index in [1.165, 1.54) is 5.56 Å². The van der Waals surface area contributed by atoms with E-state index < -0.39 is 0 Å². The lowest BCUT2D eigenvalue weighted by Gasteiger charge is -2.12. The number of benzene rings is 3. The van der Waals surface area contributed by atoms with Gasteiger partial charge in [-0.3, -0.25) is 9.36 Å². The zero-order chi connectivity index (χ0) is 21.9. The van der Waals surface area contributed by atoms with Gasteiger partial charge in [-0.15, -0.1) is 0 Å². The van der Waals surface area contributed by atoms with Crippen molar-refractivity contribution in [1.29, 1.82) is 0 Å². The van der Waals surface area contributed by atoms with Crippen LogP contribution >= 0.6 is 11.8 Å². The quantitative estimate of drug-likeness (QED) is 0.245. The maximum Gasteiger partial charge on any atom is 0.298 e. The van der Waals surface area contributed by atoms with Crippen molar-refractivity contribution in [3.05, 3.63) is 100 Å². The predicted molar refractivity (Wildman–Crippen MR) is 129 cm³/mol. The van der Waals surface area contributed by atoms with E-state index in [1.807, 2.05) is 66.7 Å². The molecule has 2 heterocycles. The number of fused-ring (bicyclic) bond motifs is 3. The van der Waals surface area contributed by atoms with Crippen LogP contribution in [0.25, 0.3) is 22.1 Å². The topological polar surface area (TPSA) is 57.3 Å². The molecule has 0 amide bonds. The van der Waals surface area contributed by atoms with Crippen molar-refractivity contribution >= 4 is 33.8 Å². The molecule has 0 radical (unpaired) electrons. The number of rotatable bonds is 7. The van der Waals surface area contributed by atoms with Crippen LogP contribution in [0, 0.1) is 0 Å². The molecule has 0 atom stereocenters. The molecule has 0 spiro atoms. The standard InChI is InChI=1S/C26H22N2O3S/c1-30-20-11-7-10-19(16-20)17-28-25(29)24-23(21-12-5-6-13-22(21)31-24)27-26(28)32-15-14-18-8-3-2-4-9-18/h2-13,16H,14-15,17H2,1H3. The van der Waals surface area contributed by atoms with Gasteiger partial charge in [-0.2, -0.15) is 0 Å². The summed E-state index contributed by atoms with van der Waals surface area (Å²) in [6.07, 6.45) is 0.894. The Balaban J connectivity index is 1.56. The van der Waals surface area contributed by atoms with Crippen molar-refractivity contribution in [2.45, 2.75) is 18.1 Å². The largest absolute Gasteiger partial charge is 0.497 e. The molecule has 0 unspecified atom stereocenters. The zero-order valence-electron chi connectivity index (χ0n) is 17.7. The van der Waals surface area contributed by atoms with Crippen LogP contribution in [0.4, 0.5) is 0 Å². The molecule has 0 fully saturated rings. The summed E-state index contributed by atoms with van der Waals surface area (Å²) in [6, 6.07) is 25.7. The second-order valence-corrected chi connectivity index (χ2v) is 8.56. The van der Waals surface area contributed by atoms with Crippen molar-refractivity contribution in [3.63, 3.8) is 0 Å². The molecule has 0 aliphatic heterocycles. The second-order valence-electron chi connectivity index (χ2n) is 7.50. The lowest BCUT2D eigenvalue weighted by Crippen LogP contribution is -2.23. The second kappa shape index (κ2) is 8.93. The van der Waals surface area contributed by atoms with E-state index in [-0.39, 0.29) is 5.56 Å². The molecule has 0 aliphatic carbocycles. The summed E-state index contributed by atoms with van der Waals surface area (Å²) in [5, 5.41) is 1.55. The molecule has 2 aromatic heterocycles. The van der Waals surface area contributed by atoms with Crippen LogP contribution in [0.2, 0.25) is 0 Å². The highest BCUT2D eigenvalue weighted by Crippen LogP contribution is 2.28. The summed E-state index contributed by atoms with van der Waals surface area (Å²) in [4.78, 5) is 18.4. The Labute approximate surface area is 189 Å². The van der Waals surface area contributed by atoms with E-state index in [4.69, 9.17) is 14.1 Å². The van der Waals surface area contributed by atoms with E-state index in [0.29, 0.717) is 28.4 Å². The maximum atomic E-state index is 13.5. The summed E-state index contributed by atoms with van der Waals surface area (Å²) in [7, 11) is 1.64. The van der Waals surface area contributed by atoms with E-state index in [2.05, 4.69) is 12.1 Å². The molecule has 0 saturated heterocycles. The molecule has 0 aliphatic rings. The minimum atomic E-state index is -0.170. The third-order valence-corrected chi connectivity index (χ3v) is 6.36. The molecule has 3 aromatic carbocycles. The molecule has 6 heteroatoms. The molecule has 5 nitrogen and oxygen atoms in total. The number of furan rings is 1. The van der Waals surface area contributed by atoms with Crippen molar-refractivity contribution in [1.82, 2.24) is 9.55 Å². The van der Waals surface area contributed by atoms with Crippen molar-refractivity contribution < 1.29 is 9.15 Å². The van der Waals surface area contributed by atoms with Crippen LogP contribution < -0.4 is 10.3 Å². The molecule has 160 valence electrons. The van der Waals surface area contributed by atoms with Gasteiger partial charge in [0.15, 0.2) is 5.16 Å². The number of hydrogen-bond acceptors (Lipinski definition) is 5. The smallest absolute Gasteiger partial charge is 0.298 e. The lowest BCUT2D eigenvalue weighted by atomic mass is 10.2. The average Bonchev–Trinajstić information content (AvgIpc) is 3.21. The summed E-state index contributed by atoms with van der Waals surface area (Å²) in [5.74, 6) is 1.57. The van der Waals surface area contributed by atoms with E-state index in [0.717, 1.165) is 28.9 Å². The van der Waals surface area contributed by atoms with Gasteiger partial charge in [0.05, 0.1) is 13.7 Å². The molecule has 5 aromatic rings. The lowest BCUT2D eigenvalue weighted by molar-refractivity contribution is 0.414. The molecular formula is C26H22N2O3S. The number of methoxy groups -OCH3 is 1. The van der Waals surface area contributed by atoms with Gasteiger partial charge in [0, 0.05) is 11.1 Å². The number of thioether (sulfide) groups is 1. The van der Waals surface area contributed by atoms with Crippen LogP contribution in [0.15, 0.2) is 93.2 Å². The minimum absolute atomic E-state index is 0.170. The Morgan fingerprint density at radius 1 is 0.969 bits per heavy atom. The molecule has 0 bridgehead atoms. The molecule has 0 N–H and O–H groups in total. The summed E-state index contributed by atoms with van der Waals surface area (Å²) < 4.78 is 13.0. The molecule has 5 rings (SSSR count). The van der Waals surface area contributed by atoms with Gasteiger partial charge in [-0.05, 0) is 41.8 Å². The Kier molecular flexibility index (Phi) is 5.69. The Hall–Kier alpha value is -3.51. The molecular weight excluding hydrogens is 420 g/mol. The van der Waals surface area contributed by atoms with Gasteiger partial charge in [-0.1, -0.05) is 66.4 Å². The van der Waals surface area contributed by atoms with E-state index in [1.54, 1.807) is 23.4 Å². The Morgan fingerprint density at radius 2 is 1.75 bits per heavy atom. The number of nitrogens with zero attached hydrogens (tertiary/aromatic N) is 2. The highest BCUT2D eigenvalue weighted by molar-refractivity contribution is 7.99. The first-order chi connectivity index (χ1) is 15.7. The van der Waals surface area contributed by atoms with Gasteiger partial charge in [-0.25, -0.2) is 4.98 Å². The third-order valence-electron chi connectivity index (χ3n) is 5.39. The van der Waals surface area contributed by atoms with Gasteiger partial charge < -0.3 is 9.15 Å². The van der Waals surface area contributed by atoms with Gasteiger partial charge >= 0.3 is 0 Å². The van der Waals surface area contributed by atoms with Crippen LogP contribution in [0.5, 0.6) is 5.75 Å². The van der Waals surface area contributed by atoms with Crippen LogP contribution in [-0.2, 0) is 13.0 Å². The van der Waals surface area contributed by atoms with E-state index >= 15 is 0 Å². The third kappa shape index (κ3) is 4.01. The first-order valence-corrected chi connectivity index (χ1v) is 11.4. The first-order valence-electron chi connectivity index (χ1n) is 10.4. The van der Waals surface area contributed by atoms with Crippen LogP contribution in [0.3, 0.4) is 0 Å². The maximum absolute atomic E-state index is 13.5. The Morgan fingerprint density at radius 3 is 2.59 bits per heavy atom. The number of hydrogen-bond donors (Lipinski definition) is 0. The molecule has 32 heavy (non-hydrogen) atoms. The highest BCUT2D eigenvalue weighted by atomic mass is 32.2. The highest BCUT2D eigenvalue weighted by Gasteiger charge is 2.18. The van der Waals surface area contributed by atoms with Gasteiger partial charge in [0.25, 0.3) is 5.56 Å². The predicted octanol–water partition coefficient (Wildman–Crippen LogP) is 5.53. The van der Waals surface area contributed by atoms with Crippen molar-refractivity contribution in [2.75, 3.05) is 12.9 Å². The monoisotopic (exact) mass is 442 g/mol. The fraction of sp³-hybridized carbons (Fsp3) is 0.154. The average molecular weight is 443 g/mol. The summed E-state index contributed by atoms with van der Waals surface area (Å²) >= 11 is 1.59. The van der Waals surface area contributed by atoms with Gasteiger partial charge in [0.2, 0.25) is 5.58 Å². The normalized spacial score (nSPS) is 11.3. The number of ether oxygens (including phenoxy) is 1. The number of para-hydroxylation sites is 1. The van der Waals surface area contributed by atoms with E-state index in [9.17, 15) is 4.79 Å². The Bertz CT molecular complexity index is 1440. The fourth-order valence-corrected chi connectivity index (χ4v) is 4.74. The minimum Gasteiger partial charge on any atom is -0.497 e. The number of aromatic nitrogens is 2. The number of aryl methyl sites for hydroxylation is 1. The van der Waals surface area contributed by atoms with Crippen molar-refractivity contribution in [3.8, 4) is 5.75 Å². The van der Waals surface area contributed by atoms with Crippen molar-refractivity contribution in [2.24, 2.45) is 0 Å². The molecule has 0 saturated carbocycles. The van der Waals surface area contributed by atoms with Crippen LogP contribution in [-0.4, -0.2) is 22.4 Å². The van der Waals surface area contributed by atoms with Gasteiger partial charge in [0.1, 0.15) is 16.8 Å². The fourth-order valence-electron chi connectivity index (χ4n) is 3.76. The first kappa shape index (κ1) is 20.4. The zero-order valence-corrected chi connectivity index (χ0v) is 18.5. The summed E-state index contributed by atoms with van der Waals surface area (Å²) in [5.41, 5.74) is 3.64. The summed E-state index contributed by atoms with van der Waals surface area (Å²) in [6.45, 7) is 0.393.